The smallest absolute Gasteiger partial charge is 0.115 e. The third-order valence-electron chi connectivity index (χ3n) is 2.86. The number of nitrogens with one attached hydrogen (secondary N) is 1. The highest BCUT2D eigenvalue weighted by Crippen LogP contribution is 2.31. The fourth-order valence-corrected chi connectivity index (χ4v) is 2.78. The number of aromatic nitrogens is 1. The molecule has 0 saturated carbocycles. The van der Waals surface area contributed by atoms with Crippen LogP contribution >= 0.6 is 11.3 Å². The Hall–Kier alpha value is -0.450. The lowest BCUT2D eigenvalue weighted by atomic mass is 9.87. The monoisotopic (exact) mass is 242 g/mol. The Kier molecular flexibility index (Phi) is 5.38. The first-order valence-corrected chi connectivity index (χ1v) is 6.69. The van der Waals surface area contributed by atoms with Gasteiger partial charge in [-0.05, 0) is 18.9 Å². The Morgan fingerprint density at radius 2 is 2.31 bits per heavy atom. The van der Waals surface area contributed by atoms with Gasteiger partial charge in [0.2, 0.25) is 0 Å². The van der Waals surface area contributed by atoms with Crippen LogP contribution in [0.4, 0.5) is 0 Å². The van der Waals surface area contributed by atoms with Crippen LogP contribution in [0.2, 0.25) is 0 Å². The molecule has 16 heavy (non-hydrogen) atoms. The molecule has 0 aliphatic carbocycles. The minimum Gasteiger partial charge on any atom is -0.382 e. The van der Waals surface area contributed by atoms with Gasteiger partial charge < -0.3 is 10.1 Å². The Bertz CT molecular complexity index is 287. The SMILES string of the molecule is CCCNC(COC)(c1nccs1)C(C)C. The molecule has 0 fully saturated rings. The van der Waals surface area contributed by atoms with E-state index >= 15 is 0 Å². The van der Waals surface area contributed by atoms with E-state index in [1.54, 1.807) is 18.4 Å². The molecule has 0 spiro atoms. The van der Waals surface area contributed by atoms with Crippen LogP contribution in [0.1, 0.15) is 32.2 Å². The molecule has 1 rings (SSSR count). The molecule has 4 heteroatoms. The molecule has 0 aliphatic heterocycles. The van der Waals surface area contributed by atoms with Crippen LogP contribution in [0.3, 0.4) is 0 Å². The van der Waals surface area contributed by atoms with Gasteiger partial charge in [-0.2, -0.15) is 0 Å². The lowest BCUT2D eigenvalue weighted by Crippen LogP contribution is -2.50. The van der Waals surface area contributed by atoms with Crippen molar-refractivity contribution < 1.29 is 4.74 Å². The summed E-state index contributed by atoms with van der Waals surface area (Å²) in [6.45, 7) is 8.25. The zero-order valence-corrected chi connectivity index (χ0v) is 11.4. The Morgan fingerprint density at radius 1 is 1.56 bits per heavy atom. The molecule has 1 unspecified atom stereocenters. The van der Waals surface area contributed by atoms with Crippen molar-refractivity contribution in [1.29, 1.82) is 0 Å². The van der Waals surface area contributed by atoms with Gasteiger partial charge in [0.1, 0.15) is 5.01 Å². The van der Waals surface area contributed by atoms with Crippen molar-refractivity contribution in [1.82, 2.24) is 10.3 Å². The zero-order chi connectivity index (χ0) is 12.0. The number of nitrogens with zero attached hydrogens (tertiary/aromatic N) is 1. The molecular weight excluding hydrogens is 220 g/mol. The summed E-state index contributed by atoms with van der Waals surface area (Å²) in [5.41, 5.74) is -0.140. The first-order chi connectivity index (χ1) is 7.67. The summed E-state index contributed by atoms with van der Waals surface area (Å²) < 4.78 is 5.39. The van der Waals surface area contributed by atoms with Crippen molar-refractivity contribution in [3.63, 3.8) is 0 Å². The largest absolute Gasteiger partial charge is 0.382 e. The number of hydrogen-bond donors (Lipinski definition) is 1. The van der Waals surface area contributed by atoms with Gasteiger partial charge in [0.25, 0.3) is 0 Å². The normalized spacial score (nSPS) is 15.3. The Balaban J connectivity index is 2.96. The van der Waals surface area contributed by atoms with E-state index in [1.807, 2.05) is 11.6 Å². The topological polar surface area (TPSA) is 34.1 Å². The van der Waals surface area contributed by atoms with Gasteiger partial charge in [-0.3, -0.25) is 0 Å². The predicted molar refractivity (Wildman–Crippen MR) is 68.8 cm³/mol. The first-order valence-electron chi connectivity index (χ1n) is 5.81. The lowest BCUT2D eigenvalue weighted by molar-refractivity contribution is 0.0762. The van der Waals surface area contributed by atoms with E-state index in [0.717, 1.165) is 18.0 Å². The summed E-state index contributed by atoms with van der Waals surface area (Å²) in [7, 11) is 1.75. The van der Waals surface area contributed by atoms with Crippen LogP contribution in [0.25, 0.3) is 0 Å². The summed E-state index contributed by atoms with van der Waals surface area (Å²) in [6, 6.07) is 0. The van der Waals surface area contributed by atoms with E-state index < -0.39 is 0 Å². The van der Waals surface area contributed by atoms with Crippen molar-refractivity contribution >= 4 is 11.3 Å². The van der Waals surface area contributed by atoms with E-state index in [1.165, 1.54) is 0 Å². The Labute approximate surface area is 102 Å². The molecule has 1 N–H and O–H groups in total. The minimum absolute atomic E-state index is 0.140. The fourth-order valence-electron chi connectivity index (χ4n) is 1.83. The highest BCUT2D eigenvalue weighted by Gasteiger charge is 2.37. The summed E-state index contributed by atoms with van der Waals surface area (Å²) in [5, 5.41) is 6.76. The molecule has 0 amide bonds. The molecule has 1 heterocycles. The minimum atomic E-state index is -0.140. The maximum Gasteiger partial charge on any atom is 0.115 e. The second-order valence-electron chi connectivity index (χ2n) is 4.32. The number of methoxy groups -OCH3 is 1. The summed E-state index contributed by atoms with van der Waals surface area (Å²) >= 11 is 1.69. The van der Waals surface area contributed by atoms with Gasteiger partial charge in [0, 0.05) is 18.7 Å². The molecule has 1 atom stereocenters. The average molecular weight is 242 g/mol. The van der Waals surface area contributed by atoms with Crippen LogP contribution in [0.5, 0.6) is 0 Å². The van der Waals surface area contributed by atoms with E-state index in [9.17, 15) is 0 Å². The predicted octanol–water partition coefficient (Wildman–Crippen LogP) is 2.64. The van der Waals surface area contributed by atoms with Gasteiger partial charge in [-0.1, -0.05) is 20.8 Å². The van der Waals surface area contributed by atoms with E-state index in [2.05, 4.69) is 31.1 Å². The van der Waals surface area contributed by atoms with E-state index in [4.69, 9.17) is 4.74 Å². The molecule has 1 aromatic heterocycles. The summed E-state index contributed by atoms with van der Waals surface area (Å²) in [4.78, 5) is 4.46. The van der Waals surface area contributed by atoms with Gasteiger partial charge in [0.05, 0.1) is 12.1 Å². The maximum absolute atomic E-state index is 5.39. The molecule has 92 valence electrons. The average Bonchev–Trinajstić information content (AvgIpc) is 2.77. The van der Waals surface area contributed by atoms with Crippen LogP contribution in [0, 0.1) is 5.92 Å². The molecule has 1 aromatic rings. The third-order valence-corrected chi connectivity index (χ3v) is 3.81. The first kappa shape index (κ1) is 13.6. The number of thiazole rings is 1. The second kappa shape index (κ2) is 6.33. The van der Waals surface area contributed by atoms with Crippen LogP contribution in [-0.2, 0) is 10.3 Å². The third kappa shape index (κ3) is 2.81. The van der Waals surface area contributed by atoms with E-state index in [0.29, 0.717) is 12.5 Å². The number of ether oxygens (including phenoxy) is 1. The zero-order valence-electron chi connectivity index (χ0n) is 10.6. The molecule has 0 saturated heterocycles. The van der Waals surface area contributed by atoms with Gasteiger partial charge in [-0.15, -0.1) is 11.3 Å². The lowest BCUT2D eigenvalue weighted by Gasteiger charge is -2.36. The number of rotatable bonds is 7. The summed E-state index contributed by atoms with van der Waals surface area (Å²) in [5.74, 6) is 0.449. The van der Waals surface area contributed by atoms with Crippen LogP contribution < -0.4 is 5.32 Å². The second-order valence-corrected chi connectivity index (χ2v) is 5.22. The molecule has 0 radical (unpaired) electrons. The fraction of sp³-hybridized carbons (Fsp3) is 0.750. The van der Waals surface area contributed by atoms with Crippen molar-refractivity contribution in [2.45, 2.75) is 32.7 Å². The van der Waals surface area contributed by atoms with Crippen molar-refractivity contribution in [3.05, 3.63) is 16.6 Å². The molecule has 0 aromatic carbocycles. The highest BCUT2D eigenvalue weighted by atomic mass is 32.1. The highest BCUT2D eigenvalue weighted by molar-refractivity contribution is 7.09. The Morgan fingerprint density at radius 3 is 2.75 bits per heavy atom. The van der Waals surface area contributed by atoms with Gasteiger partial charge in [0.15, 0.2) is 0 Å². The van der Waals surface area contributed by atoms with E-state index in [-0.39, 0.29) is 5.54 Å². The molecular formula is C12H22N2OS. The van der Waals surface area contributed by atoms with Crippen molar-refractivity contribution in [2.24, 2.45) is 5.92 Å². The van der Waals surface area contributed by atoms with Crippen molar-refractivity contribution in [3.8, 4) is 0 Å². The molecule has 3 nitrogen and oxygen atoms in total. The van der Waals surface area contributed by atoms with Gasteiger partial charge >= 0.3 is 0 Å². The summed E-state index contributed by atoms with van der Waals surface area (Å²) in [6.07, 6.45) is 2.98. The maximum atomic E-state index is 5.39. The van der Waals surface area contributed by atoms with Crippen molar-refractivity contribution in [2.75, 3.05) is 20.3 Å². The van der Waals surface area contributed by atoms with Crippen LogP contribution in [0.15, 0.2) is 11.6 Å². The molecule has 0 aliphatic rings. The van der Waals surface area contributed by atoms with Crippen LogP contribution in [-0.4, -0.2) is 25.2 Å². The quantitative estimate of drug-likeness (QED) is 0.798. The van der Waals surface area contributed by atoms with Gasteiger partial charge in [-0.25, -0.2) is 4.98 Å². The molecule has 0 bridgehead atoms. The number of hydrogen-bond acceptors (Lipinski definition) is 4. The standard InChI is InChI=1S/C12H22N2OS/c1-5-6-14-12(9-15-4,10(2)3)11-13-7-8-16-11/h7-8,10,14H,5-6,9H2,1-4H3.